The Bertz CT molecular complexity index is 608. The number of hydrogen-bond donors (Lipinski definition) is 1. The van der Waals surface area contributed by atoms with Crippen molar-refractivity contribution in [3.8, 4) is 6.07 Å². The van der Waals surface area contributed by atoms with Crippen molar-refractivity contribution in [2.24, 2.45) is 5.92 Å². The molecule has 3 heteroatoms. The van der Waals surface area contributed by atoms with Crippen molar-refractivity contribution in [1.82, 2.24) is 5.32 Å². The number of carbonyl (C=O) groups is 1. The van der Waals surface area contributed by atoms with Crippen LogP contribution >= 0.6 is 0 Å². The van der Waals surface area contributed by atoms with Crippen LogP contribution in [0.5, 0.6) is 0 Å². The maximum absolute atomic E-state index is 12.4. The molecular weight excluding hydrogens is 284 g/mol. The molecule has 0 radical (unpaired) electrons. The molecule has 1 saturated carbocycles. The zero-order valence-electron chi connectivity index (χ0n) is 14.3. The summed E-state index contributed by atoms with van der Waals surface area (Å²) in [4.78, 5) is 12.4. The Balaban J connectivity index is 2.08. The lowest BCUT2D eigenvalue weighted by atomic mass is 9.86. The number of nitriles is 1. The van der Waals surface area contributed by atoms with E-state index in [1.54, 1.807) is 6.08 Å². The largest absolute Gasteiger partial charge is 0.348 e. The summed E-state index contributed by atoms with van der Waals surface area (Å²) in [5, 5.41) is 12.4. The highest BCUT2D eigenvalue weighted by Crippen LogP contribution is 2.24. The van der Waals surface area contributed by atoms with Crippen LogP contribution in [0.4, 0.5) is 0 Å². The Morgan fingerprint density at radius 2 is 1.91 bits per heavy atom. The highest BCUT2D eigenvalue weighted by molar-refractivity contribution is 6.01. The first-order chi connectivity index (χ1) is 11.0. The maximum atomic E-state index is 12.4. The van der Waals surface area contributed by atoms with Crippen molar-refractivity contribution in [1.29, 1.82) is 5.26 Å². The second-order valence-corrected chi connectivity index (χ2v) is 6.83. The van der Waals surface area contributed by atoms with E-state index in [4.69, 9.17) is 0 Å². The summed E-state index contributed by atoms with van der Waals surface area (Å²) < 4.78 is 0. The number of carbonyl (C=O) groups excluding carboxylic acids is 1. The van der Waals surface area contributed by atoms with E-state index < -0.39 is 0 Å². The van der Waals surface area contributed by atoms with Gasteiger partial charge < -0.3 is 5.32 Å². The molecule has 1 amide bonds. The van der Waals surface area contributed by atoms with E-state index in [9.17, 15) is 10.1 Å². The zero-order valence-corrected chi connectivity index (χ0v) is 14.3. The normalized spacial score (nSPS) is 21.8. The van der Waals surface area contributed by atoms with Crippen molar-refractivity contribution in [2.75, 3.05) is 0 Å². The molecule has 0 heterocycles. The highest BCUT2D eigenvalue weighted by Gasteiger charge is 2.23. The van der Waals surface area contributed by atoms with Crippen LogP contribution in [-0.2, 0) is 4.79 Å². The van der Waals surface area contributed by atoms with E-state index in [1.165, 1.54) is 12.0 Å². The third-order valence-electron chi connectivity index (χ3n) is 4.71. The molecule has 0 bridgehead atoms. The summed E-state index contributed by atoms with van der Waals surface area (Å²) >= 11 is 0. The van der Waals surface area contributed by atoms with Crippen LogP contribution in [0.3, 0.4) is 0 Å². The van der Waals surface area contributed by atoms with Gasteiger partial charge in [0.05, 0.1) is 0 Å². The van der Waals surface area contributed by atoms with Gasteiger partial charge in [-0.1, -0.05) is 57.9 Å². The van der Waals surface area contributed by atoms with Crippen LogP contribution in [-0.4, -0.2) is 11.9 Å². The van der Waals surface area contributed by atoms with Crippen molar-refractivity contribution >= 4 is 12.0 Å². The predicted octanol–water partition coefficient (Wildman–Crippen LogP) is 4.41. The average molecular weight is 310 g/mol. The van der Waals surface area contributed by atoms with Crippen molar-refractivity contribution in [3.05, 3.63) is 41.0 Å². The lowest BCUT2D eigenvalue weighted by Crippen LogP contribution is -2.41. The van der Waals surface area contributed by atoms with Gasteiger partial charge >= 0.3 is 0 Å². The Kier molecular flexibility index (Phi) is 5.98. The van der Waals surface area contributed by atoms with Crippen LogP contribution < -0.4 is 5.32 Å². The van der Waals surface area contributed by atoms with Gasteiger partial charge in [0.2, 0.25) is 0 Å². The molecule has 1 N–H and O–H groups in total. The Labute approximate surface area is 139 Å². The number of hydrogen-bond acceptors (Lipinski definition) is 2. The second-order valence-electron chi connectivity index (χ2n) is 6.83. The summed E-state index contributed by atoms with van der Waals surface area (Å²) in [6.07, 6.45) is 6.21. The fourth-order valence-corrected chi connectivity index (χ4v) is 3.07. The van der Waals surface area contributed by atoms with Gasteiger partial charge in [0, 0.05) is 6.04 Å². The van der Waals surface area contributed by atoms with Crippen LogP contribution in [0.15, 0.2) is 29.8 Å². The van der Waals surface area contributed by atoms with Gasteiger partial charge in [0.1, 0.15) is 11.6 Å². The molecule has 1 aromatic carbocycles. The Morgan fingerprint density at radius 1 is 1.26 bits per heavy atom. The molecule has 0 saturated heterocycles. The molecular formula is C20H26N2O. The van der Waals surface area contributed by atoms with Gasteiger partial charge in [-0.05, 0) is 41.9 Å². The topological polar surface area (TPSA) is 52.9 Å². The van der Waals surface area contributed by atoms with Crippen LogP contribution in [0.1, 0.15) is 63.5 Å². The number of nitrogens with one attached hydrogen (secondary N) is 1. The minimum atomic E-state index is -0.251. The van der Waals surface area contributed by atoms with E-state index >= 15 is 0 Å². The predicted molar refractivity (Wildman–Crippen MR) is 93.7 cm³/mol. The summed E-state index contributed by atoms with van der Waals surface area (Å²) in [5.41, 5.74) is 2.32. The Hall–Kier alpha value is -2.08. The molecule has 2 atom stereocenters. The first kappa shape index (κ1) is 17.3. The summed E-state index contributed by atoms with van der Waals surface area (Å²) in [5.74, 6) is 0.705. The third-order valence-corrected chi connectivity index (χ3v) is 4.71. The van der Waals surface area contributed by atoms with Crippen LogP contribution in [0, 0.1) is 17.2 Å². The minimum Gasteiger partial charge on any atom is -0.348 e. The molecule has 3 nitrogen and oxygen atoms in total. The lowest BCUT2D eigenvalue weighted by Gasteiger charge is -2.29. The van der Waals surface area contributed by atoms with Gasteiger partial charge in [-0.25, -0.2) is 0 Å². The molecule has 1 aliphatic rings. The molecule has 1 aliphatic carbocycles. The quantitative estimate of drug-likeness (QED) is 0.661. The average Bonchev–Trinajstić information content (AvgIpc) is 2.55. The molecule has 0 aliphatic heterocycles. The molecule has 23 heavy (non-hydrogen) atoms. The minimum absolute atomic E-state index is 0.181. The number of rotatable bonds is 4. The first-order valence-corrected chi connectivity index (χ1v) is 8.54. The summed E-state index contributed by atoms with van der Waals surface area (Å²) in [6.45, 7) is 6.46. The van der Waals surface area contributed by atoms with Gasteiger partial charge in [-0.2, -0.15) is 5.26 Å². The second kappa shape index (κ2) is 7.97. The molecule has 122 valence electrons. The van der Waals surface area contributed by atoms with Gasteiger partial charge in [-0.3, -0.25) is 4.79 Å². The maximum Gasteiger partial charge on any atom is 0.262 e. The van der Waals surface area contributed by atoms with Crippen LogP contribution in [0.2, 0.25) is 0 Å². The molecule has 0 unspecified atom stereocenters. The smallest absolute Gasteiger partial charge is 0.262 e. The molecule has 0 spiro atoms. The molecule has 1 fully saturated rings. The van der Waals surface area contributed by atoms with Crippen molar-refractivity contribution < 1.29 is 4.79 Å². The van der Waals surface area contributed by atoms with Gasteiger partial charge in [0.15, 0.2) is 0 Å². The number of benzene rings is 1. The monoisotopic (exact) mass is 310 g/mol. The van der Waals surface area contributed by atoms with Crippen molar-refractivity contribution in [3.63, 3.8) is 0 Å². The summed E-state index contributed by atoms with van der Waals surface area (Å²) in [6, 6.07) is 10.3. The number of amides is 1. The summed E-state index contributed by atoms with van der Waals surface area (Å²) in [7, 11) is 0. The SMILES string of the molecule is CC(C)c1ccc(/C=C(\C#N)C(=O)N[C@H]2CCCC[C@H]2C)cc1. The molecule has 2 rings (SSSR count). The van der Waals surface area contributed by atoms with E-state index in [0.29, 0.717) is 11.8 Å². The Morgan fingerprint density at radius 3 is 2.48 bits per heavy atom. The lowest BCUT2D eigenvalue weighted by molar-refractivity contribution is -0.118. The van der Waals surface area contributed by atoms with Crippen LogP contribution in [0.25, 0.3) is 6.08 Å². The molecule has 0 aromatic heterocycles. The number of nitrogens with zero attached hydrogens (tertiary/aromatic N) is 1. The van der Waals surface area contributed by atoms with E-state index in [-0.39, 0.29) is 17.5 Å². The van der Waals surface area contributed by atoms with E-state index in [2.05, 4.69) is 26.1 Å². The fraction of sp³-hybridized carbons (Fsp3) is 0.500. The molecule has 1 aromatic rings. The standard InChI is InChI=1S/C20H26N2O/c1-14(2)17-10-8-16(9-11-17)12-18(13-21)20(23)22-19-7-5-4-6-15(19)3/h8-12,14-15,19H,4-7H2,1-3H3,(H,22,23)/b18-12+/t15-,19+/m1/s1. The van der Waals surface area contributed by atoms with E-state index in [1.807, 2.05) is 30.3 Å². The highest BCUT2D eigenvalue weighted by atomic mass is 16.1. The fourth-order valence-electron chi connectivity index (χ4n) is 3.07. The van der Waals surface area contributed by atoms with E-state index in [0.717, 1.165) is 24.8 Å². The third kappa shape index (κ3) is 4.69. The van der Waals surface area contributed by atoms with Gasteiger partial charge in [-0.15, -0.1) is 0 Å². The van der Waals surface area contributed by atoms with Crippen molar-refractivity contribution in [2.45, 2.75) is 58.4 Å². The zero-order chi connectivity index (χ0) is 16.8. The van der Waals surface area contributed by atoms with Gasteiger partial charge in [0.25, 0.3) is 5.91 Å². The first-order valence-electron chi connectivity index (χ1n) is 8.54.